The summed E-state index contributed by atoms with van der Waals surface area (Å²) < 4.78 is 7.16. The molecule has 0 aliphatic heterocycles. The van der Waals surface area contributed by atoms with Gasteiger partial charge in [0.15, 0.2) is 11.9 Å². The number of hydrogen-bond acceptors (Lipinski definition) is 4. The Hall–Kier alpha value is -3.51. The minimum absolute atomic E-state index is 0.101. The zero-order valence-electron chi connectivity index (χ0n) is 17.7. The molecule has 1 aliphatic rings. The maximum absolute atomic E-state index is 12.8. The van der Waals surface area contributed by atoms with Gasteiger partial charge in [0.1, 0.15) is 0 Å². The van der Waals surface area contributed by atoms with Crippen LogP contribution in [0.15, 0.2) is 84.3 Å². The number of aliphatic carboxylic acids is 1. The number of nitrogens with zero attached hydrogens (tertiary/aromatic N) is 2. The van der Waals surface area contributed by atoms with Crippen LogP contribution in [0.4, 0.5) is 0 Å². The van der Waals surface area contributed by atoms with Crippen LogP contribution < -0.4 is 0 Å². The van der Waals surface area contributed by atoms with Crippen LogP contribution in [0.3, 0.4) is 0 Å². The lowest BCUT2D eigenvalue weighted by molar-refractivity contribution is -0.148. The molecule has 3 rings (SSSR count). The third kappa shape index (κ3) is 6.23. The Labute approximate surface area is 181 Å². The molecule has 6 nitrogen and oxygen atoms in total. The zero-order valence-corrected chi connectivity index (χ0v) is 17.7. The standard InChI is InChI=1S/C25H26N2O4/c1-18-8-12-22(13-9-18)23(28)24-26-14-16-27(24)15-4-7-20-5-3-6-21(11-10-20)17-31-19(2)25(29)30/h4-14,16,19H,3,15,17H2,1-2H3,(H,29,30)/b7-4+/t19-/m1/s1. The van der Waals surface area contributed by atoms with Gasteiger partial charge >= 0.3 is 5.97 Å². The molecule has 6 heteroatoms. The molecule has 1 N–H and O–H groups in total. The van der Waals surface area contributed by atoms with Crippen molar-refractivity contribution in [2.75, 3.05) is 6.61 Å². The highest BCUT2D eigenvalue weighted by Gasteiger charge is 2.14. The molecule has 1 aromatic carbocycles. The molecule has 0 spiro atoms. The van der Waals surface area contributed by atoms with Crippen LogP contribution in [0.2, 0.25) is 0 Å². The number of carbonyl (C=O) groups excluding carboxylic acids is 1. The van der Waals surface area contributed by atoms with E-state index in [2.05, 4.69) is 11.1 Å². The minimum Gasteiger partial charge on any atom is -0.479 e. The highest BCUT2D eigenvalue weighted by molar-refractivity contribution is 6.06. The molecule has 1 aromatic heterocycles. The number of imidazole rings is 1. The molecule has 31 heavy (non-hydrogen) atoms. The molecule has 2 aromatic rings. The van der Waals surface area contributed by atoms with E-state index in [9.17, 15) is 9.59 Å². The number of allylic oxidation sites excluding steroid dienone is 6. The minimum atomic E-state index is -0.973. The van der Waals surface area contributed by atoms with Crippen LogP contribution in [0.5, 0.6) is 0 Å². The first-order valence-electron chi connectivity index (χ1n) is 10.1. The summed E-state index contributed by atoms with van der Waals surface area (Å²) >= 11 is 0. The molecule has 1 aliphatic carbocycles. The van der Waals surface area contributed by atoms with Crippen LogP contribution in [-0.2, 0) is 16.1 Å². The van der Waals surface area contributed by atoms with Crippen molar-refractivity contribution < 1.29 is 19.4 Å². The Morgan fingerprint density at radius 2 is 2.00 bits per heavy atom. The van der Waals surface area contributed by atoms with E-state index in [-0.39, 0.29) is 12.4 Å². The second-order valence-electron chi connectivity index (χ2n) is 7.34. The van der Waals surface area contributed by atoms with Crippen molar-refractivity contribution in [3.63, 3.8) is 0 Å². The molecular weight excluding hydrogens is 392 g/mol. The third-order valence-corrected chi connectivity index (χ3v) is 4.92. The van der Waals surface area contributed by atoms with Crippen molar-refractivity contribution in [2.45, 2.75) is 32.9 Å². The van der Waals surface area contributed by atoms with E-state index in [0.717, 1.165) is 23.1 Å². The van der Waals surface area contributed by atoms with E-state index in [4.69, 9.17) is 9.84 Å². The van der Waals surface area contributed by atoms with Crippen molar-refractivity contribution in [1.29, 1.82) is 0 Å². The number of benzene rings is 1. The van der Waals surface area contributed by atoms with E-state index < -0.39 is 12.1 Å². The average Bonchev–Trinajstić information content (AvgIpc) is 3.10. The van der Waals surface area contributed by atoms with Gasteiger partial charge in [0, 0.05) is 24.5 Å². The first-order chi connectivity index (χ1) is 14.9. The summed E-state index contributed by atoms with van der Waals surface area (Å²) in [5.74, 6) is -0.663. The van der Waals surface area contributed by atoms with Crippen LogP contribution in [0, 0.1) is 6.92 Å². The van der Waals surface area contributed by atoms with Gasteiger partial charge in [0.05, 0.1) is 6.61 Å². The fourth-order valence-electron chi connectivity index (χ4n) is 3.01. The predicted molar refractivity (Wildman–Crippen MR) is 119 cm³/mol. The lowest BCUT2D eigenvalue weighted by atomic mass is 10.1. The Kier molecular flexibility index (Phi) is 7.51. The van der Waals surface area contributed by atoms with Crippen LogP contribution in [-0.4, -0.2) is 39.1 Å². The highest BCUT2D eigenvalue weighted by atomic mass is 16.5. The largest absolute Gasteiger partial charge is 0.479 e. The van der Waals surface area contributed by atoms with Gasteiger partial charge < -0.3 is 14.4 Å². The maximum Gasteiger partial charge on any atom is 0.332 e. The number of ether oxygens (including phenoxy) is 1. The fourth-order valence-corrected chi connectivity index (χ4v) is 3.01. The van der Waals surface area contributed by atoms with Gasteiger partial charge in [0.25, 0.3) is 0 Å². The number of carboxylic acids is 1. The lowest BCUT2D eigenvalue weighted by Crippen LogP contribution is -2.20. The highest BCUT2D eigenvalue weighted by Crippen LogP contribution is 2.14. The van der Waals surface area contributed by atoms with Crippen molar-refractivity contribution in [3.05, 3.63) is 101 Å². The smallest absolute Gasteiger partial charge is 0.332 e. The third-order valence-electron chi connectivity index (χ3n) is 4.92. The normalized spacial score (nSPS) is 14.8. The Bertz CT molecular complexity index is 1060. The lowest BCUT2D eigenvalue weighted by Gasteiger charge is -2.08. The number of carbonyl (C=O) groups is 2. The van der Waals surface area contributed by atoms with Crippen molar-refractivity contribution >= 4 is 11.8 Å². The predicted octanol–water partition coefficient (Wildman–Crippen LogP) is 4.28. The summed E-state index contributed by atoms with van der Waals surface area (Å²) in [7, 11) is 0. The zero-order chi connectivity index (χ0) is 22.2. The molecule has 0 fully saturated rings. The molecular formula is C25H26N2O4. The maximum atomic E-state index is 12.8. The van der Waals surface area contributed by atoms with Crippen molar-refractivity contribution in [2.24, 2.45) is 0 Å². The van der Waals surface area contributed by atoms with Gasteiger partial charge in [-0.05, 0) is 31.4 Å². The van der Waals surface area contributed by atoms with Gasteiger partial charge in [-0.3, -0.25) is 4.79 Å². The molecule has 0 bridgehead atoms. The molecule has 0 radical (unpaired) electrons. The molecule has 0 amide bonds. The summed E-state index contributed by atoms with van der Waals surface area (Å²) in [6.45, 7) is 4.29. The summed E-state index contributed by atoms with van der Waals surface area (Å²) in [5, 5.41) is 8.90. The Morgan fingerprint density at radius 1 is 1.23 bits per heavy atom. The summed E-state index contributed by atoms with van der Waals surface area (Å²) in [6, 6.07) is 7.47. The van der Waals surface area contributed by atoms with E-state index in [0.29, 0.717) is 17.9 Å². The average molecular weight is 418 g/mol. The molecule has 0 saturated heterocycles. The molecule has 160 valence electrons. The van der Waals surface area contributed by atoms with Gasteiger partial charge in [-0.2, -0.15) is 0 Å². The number of aryl methyl sites for hydroxylation is 1. The molecule has 1 heterocycles. The van der Waals surface area contributed by atoms with E-state index in [1.54, 1.807) is 12.4 Å². The van der Waals surface area contributed by atoms with Crippen LogP contribution in [0.25, 0.3) is 0 Å². The quantitative estimate of drug-likeness (QED) is 0.615. The van der Waals surface area contributed by atoms with E-state index in [1.807, 2.05) is 66.1 Å². The topological polar surface area (TPSA) is 81.4 Å². The number of aromatic nitrogens is 2. The summed E-state index contributed by atoms with van der Waals surface area (Å²) in [4.78, 5) is 27.8. The van der Waals surface area contributed by atoms with Crippen molar-refractivity contribution in [1.82, 2.24) is 9.55 Å². The number of ketones is 1. The second kappa shape index (κ2) is 10.5. The van der Waals surface area contributed by atoms with Crippen LogP contribution >= 0.6 is 0 Å². The second-order valence-corrected chi connectivity index (χ2v) is 7.34. The van der Waals surface area contributed by atoms with E-state index >= 15 is 0 Å². The summed E-state index contributed by atoms with van der Waals surface area (Å²) in [6.07, 6.45) is 15.3. The molecule has 0 unspecified atom stereocenters. The Balaban J connectivity index is 1.58. The molecule has 0 saturated carbocycles. The van der Waals surface area contributed by atoms with Crippen molar-refractivity contribution in [3.8, 4) is 0 Å². The first-order valence-corrected chi connectivity index (χ1v) is 10.1. The fraction of sp³-hybridized carbons (Fsp3) is 0.240. The Morgan fingerprint density at radius 3 is 2.74 bits per heavy atom. The number of hydrogen-bond donors (Lipinski definition) is 1. The van der Waals surface area contributed by atoms with Gasteiger partial charge in [-0.1, -0.05) is 66.3 Å². The SMILES string of the molecule is Cc1ccc(C(=O)c2nccn2C/C=C/C2=CCC=C(CO[C@H](C)C(=O)O)C=C2)cc1. The van der Waals surface area contributed by atoms with E-state index in [1.165, 1.54) is 6.92 Å². The first kappa shape index (κ1) is 22.2. The van der Waals surface area contributed by atoms with Crippen LogP contribution in [0.1, 0.15) is 35.1 Å². The van der Waals surface area contributed by atoms with Gasteiger partial charge in [0.2, 0.25) is 5.78 Å². The number of rotatable bonds is 9. The van der Waals surface area contributed by atoms with Gasteiger partial charge in [-0.15, -0.1) is 0 Å². The number of carboxylic acid groups (broad SMARTS) is 1. The van der Waals surface area contributed by atoms with Gasteiger partial charge in [-0.25, -0.2) is 9.78 Å². The summed E-state index contributed by atoms with van der Waals surface area (Å²) in [5.41, 5.74) is 3.69. The monoisotopic (exact) mass is 418 g/mol. The molecule has 1 atom stereocenters.